The summed E-state index contributed by atoms with van der Waals surface area (Å²) >= 11 is 0. The quantitative estimate of drug-likeness (QED) is 0.303. The predicted octanol–water partition coefficient (Wildman–Crippen LogP) is 2.21. The van der Waals surface area contributed by atoms with Crippen LogP contribution in [0, 0.1) is 23.7 Å². The number of ether oxygens (including phenoxy) is 7. The minimum atomic E-state index is -1.50. The number of carbonyl (C=O) groups is 1. The van der Waals surface area contributed by atoms with Gasteiger partial charge in [-0.1, -0.05) is 58.0 Å². The van der Waals surface area contributed by atoms with Crippen LogP contribution in [0.5, 0.6) is 0 Å². The van der Waals surface area contributed by atoms with Gasteiger partial charge in [0.1, 0.15) is 30.5 Å². The van der Waals surface area contributed by atoms with Crippen LogP contribution in [0.15, 0.2) is 30.3 Å². The van der Waals surface area contributed by atoms with Gasteiger partial charge in [0, 0.05) is 11.8 Å². The predicted molar refractivity (Wildman–Crippen MR) is 158 cm³/mol. The van der Waals surface area contributed by atoms with Crippen LogP contribution in [-0.4, -0.2) is 109 Å². The van der Waals surface area contributed by atoms with Crippen LogP contribution >= 0.6 is 0 Å². The molecule has 12 heteroatoms. The average molecular weight is 626 g/mol. The van der Waals surface area contributed by atoms with Gasteiger partial charge in [0.25, 0.3) is 0 Å². The second-order valence-electron chi connectivity index (χ2n) is 12.6. The first kappa shape index (κ1) is 35.0. The standard InChI is InChI=1S/C32H51NO11/c1-16-17(2)24(15-39-14-22-11-9-8-10-12-22)42-30(18(16)3)43-28-19(4)20(5)40-21(6)29(28)44-31-25(33-32(37)38-7)27(36)26(35)23(13-34)41-31/h8-12,16-21,23-31,34-36H,13-15H2,1-7H3,(H,33,37)/t16?,17-,18?,19-,20?,21-,23?,24-,25?,26+,27+,28-,29?,30+,31-/m0/s1. The third-order valence-electron chi connectivity index (χ3n) is 9.78. The maximum atomic E-state index is 12.1. The highest BCUT2D eigenvalue weighted by Gasteiger charge is 2.51. The lowest BCUT2D eigenvalue weighted by molar-refractivity contribution is -0.343. The van der Waals surface area contributed by atoms with E-state index in [-0.39, 0.29) is 35.9 Å². The molecule has 3 aliphatic rings. The third kappa shape index (κ3) is 7.91. The Bertz CT molecular complexity index is 1030. The van der Waals surface area contributed by atoms with E-state index in [0.717, 1.165) is 5.56 Å². The molecular weight excluding hydrogens is 574 g/mol. The van der Waals surface area contributed by atoms with Gasteiger partial charge in [-0.05, 0) is 31.2 Å². The van der Waals surface area contributed by atoms with Gasteiger partial charge >= 0.3 is 6.09 Å². The van der Waals surface area contributed by atoms with E-state index in [1.165, 1.54) is 7.11 Å². The molecule has 0 aromatic heterocycles. The summed E-state index contributed by atoms with van der Waals surface area (Å²) in [5.41, 5.74) is 1.09. The minimum Gasteiger partial charge on any atom is -0.453 e. The minimum absolute atomic E-state index is 0.0621. The van der Waals surface area contributed by atoms with Crippen LogP contribution in [0.3, 0.4) is 0 Å². The molecular formula is C32H51NO11. The monoisotopic (exact) mass is 625 g/mol. The van der Waals surface area contributed by atoms with E-state index < -0.39 is 67.9 Å². The molecule has 15 atom stereocenters. The Morgan fingerprint density at radius 2 is 1.45 bits per heavy atom. The number of nitrogens with one attached hydrogen (secondary N) is 1. The van der Waals surface area contributed by atoms with E-state index >= 15 is 0 Å². The van der Waals surface area contributed by atoms with E-state index in [1.807, 2.05) is 51.1 Å². The Kier molecular flexibility index (Phi) is 12.4. The van der Waals surface area contributed by atoms with Crippen molar-refractivity contribution in [3.05, 3.63) is 35.9 Å². The molecule has 0 spiro atoms. The zero-order chi connectivity index (χ0) is 32.1. The molecule has 0 radical (unpaired) electrons. The highest BCUT2D eigenvalue weighted by atomic mass is 16.7. The smallest absolute Gasteiger partial charge is 0.407 e. The Hall–Kier alpha value is -1.87. The van der Waals surface area contributed by atoms with Gasteiger partial charge < -0.3 is 53.8 Å². The van der Waals surface area contributed by atoms with Gasteiger partial charge in [-0.3, -0.25) is 0 Å². The topological polar surface area (TPSA) is 154 Å². The highest BCUT2D eigenvalue weighted by molar-refractivity contribution is 5.67. The van der Waals surface area contributed by atoms with Crippen molar-refractivity contribution in [2.45, 2.75) is 116 Å². The fourth-order valence-electron chi connectivity index (χ4n) is 6.32. The molecule has 3 heterocycles. The first-order valence-corrected chi connectivity index (χ1v) is 15.7. The number of rotatable bonds is 10. The zero-order valence-electron chi connectivity index (χ0n) is 26.8. The molecule has 0 aliphatic carbocycles. The molecule has 0 bridgehead atoms. The lowest BCUT2D eigenvalue weighted by atomic mass is 9.79. The number of aliphatic hydroxyl groups excluding tert-OH is 3. The number of aliphatic hydroxyl groups is 3. The molecule has 12 nitrogen and oxygen atoms in total. The van der Waals surface area contributed by atoms with Crippen molar-refractivity contribution in [3.8, 4) is 0 Å². The molecule has 6 unspecified atom stereocenters. The summed E-state index contributed by atoms with van der Waals surface area (Å²) in [6.45, 7) is 12.7. The zero-order valence-corrected chi connectivity index (χ0v) is 26.8. The van der Waals surface area contributed by atoms with Gasteiger partial charge in [-0.2, -0.15) is 0 Å². The second kappa shape index (κ2) is 15.6. The van der Waals surface area contributed by atoms with E-state index in [4.69, 9.17) is 33.2 Å². The summed E-state index contributed by atoms with van der Waals surface area (Å²) in [6, 6.07) is 8.81. The Morgan fingerprint density at radius 1 is 0.795 bits per heavy atom. The van der Waals surface area contributed by atoms with Crippen molar-refractivity contribution in [2.24, 2.45) is 23.7 Å². The van der Waals surface area contributed by atoms with Crippen molar-refractivity contribution in [2.75, 3.05) is 20.3 Å². The summed E-state index contributed by atoms with van der Waals surface area (Å²) < 4.78 is 42.7. The van der Waals surface area contributed by atoms with Gasteiger partial charge in [-0.15, -0.1) is 0 Å². The van der Waals surface area contributed by atoms with Crippen LogP contribution in [-0.2, 0) is 39.8 Å². The van der Waals surface area contributed by atoms with Crippen LogP contribution in [0.4, 0.5) is 4.79 Å². The van der Waals surface area contributed by atoms with Crippen LogP contribution < -0.4 is 5.32 Å². The van der Waals surface area contributed by atoms with Crippen molar-refractivity contribution >= 4 is 6.09 Å². The molecule has 4 N–H and O–H groups in total. The fourth-order valence-corrected chi connectivity index (χ4v) is 6.32. The van der Waals surface area contributed by atoms with E-state index in [0.29, 0.717) is 13.2 Å². The summed E-state index contributed by atoms with van der Waals surface area (Å²) in [5.74, 6) is 0.448. The number of benzene rings is 1. The van der Waals surface area contributed by atoms with Crippen molar-refractivity contribution in [1.29, 1.82) is 0 Å². The number of carbonyl (C=O) groups excluding carboxylic acids is 1. The molecule has 0 saturated carbocycles. The van der Waals surface area contributed by atoms with Gasteiger partial charge in [-0.25, -0.2) is 4.79 Å². The lowest BCUT2D eigenvalue weighted by Gasteiger charge is -2.50. The van der Waals surface area contributed by atoms with Crippen LogP contribution in [0.1, 0.15) is 47.1 Å². The fraction of sp³-hybridized carbons (Fsp3) is 0.781. The summed E-state index contributed by atoms with van der Waals surface area (Å²) in [4.78, 5) is 12.1. The molecule has 1 aromatic rings. The first-order chi connectivity index (χ1) is 21.0. The van der Waals surface area contributed by atoms with E-state index in [1.54, 1.807) is 0 Å². The highest BCUT2D eigenvalue weighted by Crippen LogP contribution is 2.40. The van der Waals surface area contributed by atoms with Crippen molar-refractivity contribution in [3.63, 3.8) is 0 Å². The Labute approximate surface area is 260 Å². The van der Waals surface area contributed by atoms with Crippen LogP contribution in [0.25, 0.3) is 0 Å². The molecule has 250 valence electrons. The average Bonchev–Trinajstić information content (AvgIpc) is 3.02. The largest absolute Gasteiger partial charge is 0.453 e. The van der Waals surface area contributed by atoms with Gasteiger partial charge in [0.05, 0.1) is 51.3 Å². The number of hydrogen-bond donors (Lipinski definition) is 4. The molecule has 3 aliphatic heterocycles. The number of amides is 1. The van der Waals surface area contributed by atoms with Crippen molar-refractivity contribution in [1.82, 2.24) is 5.32 Å². The molecule has 3 saturated heterocycles. The Balaban J connectivity index is 1.52. The normalized spacial score (nSPS) is 42.9. The lowest BCUT2D eigenvalue weighted by Crippen LogP contribution is -2.67. The van der Waals surface area contributed by atoms with E-state index in [9.17, 15) is 20.1 Å². The SMILES string of the molecule is COC(=O)NC1[C@H](OC2[C@H](C)OC(C)[C@H](C)[C@@H]2O[C@H]2O[C@@H](COCc3ccccc3)[C@@H](C)C(C)C2C)OC(CO)[C@@H](O)[C@@H]1O. The molecule has 44 heavy (non-hydrogen) atoms. The third-order valence-corrected chi connectivity index (χ3v) is 9.78. The number of alkyl carbamates (subject to hydrolysis) is 1. The van der Waals surface area contributed by atoms with E-state index in [2.05, 4.69) is 26.1 Å². The van der Waals surface area contributed by atoms with Gasteiger partial charge in [0.15, 0.2) is 12.6 Å². The van der Waals surface area contributed by atoms with Crippen molar-refractivity contribution < 1.29 is 53.3 Å². The first-order valence-electron chi connectivity index (χ1n) is 15.7. The molecule has 3 fully saturated rings. The molecule has 4 rings (SSSR count). The maximum absolute atomic E-state index is 12.1. The maximum Gasteiger partial charge on any atom is 0.407 e. The number of methoxy groups -OCH3 is 1. The van der Waals surface area contributed by atoms with Gasteiger partial charge in [0.2, 0.25) is 0 Å². The Morgan fingerprint density at radius 3 is 2.11 bits per heavy atom. The number of hydrogen-bond acceptors (Lipinski definition) is 11. The second-order valence-corrected chi connectivity index (χ2v) is 12.6. The van der Waals surface area contributed by atoms with Crippen LogP contribution in [0.2, 0.25) is 0 Å². The summed E-state index contributed by atoms with van der Waals surface area (Å²) in [5, 5.41) is 33.6. The summed E-state index contributed by atoms with van der Waals surface area (Å²) in [6.07, 6.45) is -8.80. The molecule has 1 aromatic carbocycles. The summed E-state index contributed by atoms with van der Waals surface area (Å²) in [7, 11) is 1.19. The molecule has 1 amide bonds.